The lowest BCUT2D eigenvalue weighted by Crippen LogP contribution is -2.64. The van der Waals surface area contributed by atoms with Crippen molar-refractivity contribution in [3.05, 3.63) is 12.2 Å². The van der Waals surface area contributed by atoms with Gasteiger partial charge in [0.2, 0.25) is 5.91 Å². The second-order valence-electron chi connectivity index (χ2n) is 21.6. The van der Waals surface area contributed by atoms with E-state index in [1.54, 1.807) is 6.08 Å². The van der Waals surface area contributed by atoms with Gasteiger partial charge in [-0.05, 0) is 19.3 Å². The number of aliphatic hydroxyl groups excluding tert-OH is 6. The molecule has 6 unspecified atom stereocenters. The zero-order chi connectivity index (χ0) is 52.1. The summed E-state index contributed by atoms with van der Waals surface area (Å²) in [5.74, 6) is -0.333. The number of carbonyl (C=O) groups excluding carboxylic acids is 1. The standard InChI is InChI=1S/C58H114NO11P/c1-3-5-7-9-11-13-15-17-19-21-22-23-24-25-26-27-28-29-30-32-34-36-38-40-42-44-46-48-52(61)59-50(49-69-71(67,68)70-58-56(65)54(63)53(62)55(64)57(58)66)51(60)47-45-43-41-39-37-35-33-31-20-18-16-14-12-10-8-6-4-2/h45,47,50-51,53-58,60,62-66H,3-44,46,48-49H2,1-2H3,(H,59,61)(H,67,68)/b47-45+/t50-,51+,53?,54+,55?,56?,57?,58?/m0/s1. The molecule has 0 aliphatic heterocycles. The molecule has 0 radical (unpaired) electrons. The normalized spacial score (nSPS) is 21.2. The van der Waals surface area contributed by atoms with Gasteiger partial charge in [-0.2, -0.15) is 0 Å². The summed E-state index contributed by atoms with van der Waals surface area (Å²) in [6, 6.07) is -1.11. The van der Waals surface area contributed by atoms with E-state index in [0.29, 0.717) is 6.42 Å². The zero-order valence-electron chi connectivity index (χ0n) is 45.8. The molecular formula is C58H114NO11P. The minimum Gasteiger partial charge on any atom is -0.387 e. The average Bonchev–Trinajstić information content (AvgIpc) is 3.35. The van der Waals surface area contributed by atoms with E-state index in [2.05, 4.69) is 19.2 Å². The number of phosphoric acid groups is 1. The van der Waals surface area contributed by atoms with Crippen LogP contribution in [0.3, 0.4) is 0 Å². The van der Waals surface area contributed by atoms with E-state index in [-0.39, 0.29) is 12.3 Å². The van der Waals surface area contributed by atoms with Gasteiger partial charge in [-0.1, -0.05) is 283 Å². The highest BCUT2D eigenvalue weighted by Crippen LogP contribution is 2.47. The molecule has 1 fully saturated rings. The molecule has 0 bridgehead atoms. The van der Waals surface area contributed by atoms with E-state index in [0.717, 1.165) is 44.9 Å². The minimum atomic E-state index is -5.08. The molecule has 0 spiro atoms. The van der Waals surface area contributed by atoms with Gasteiger partial charge in [-0.15, -0.1) is 0 Å². The van der Waals surface area contributed by atoms with Gasteiger partial charge < -0.3 is 40.8 Å². The predicted octanol–water partition coefficient (Wildman–Crippen LogP) is 13.9. The Morgan fingerprint density at radius 1 is 0.465 bits per heavy atom. The van der Waals surface area contributed by atoms with E-state index in [9.17, 15) is 44.9 Å². The van der Waals surface area contributed by atoms with Crippen molar-refractivity contribution in [3.8, 4) is 0 Å². The fourth-order valence-electron chi connectivity index (χ4n) is 9.97. The Morgan fingerprint density at radius 3 is 1.07 bits per heavy atom. The van der Waals surface area contributed by atoms with Crippen LogP contribution in [0.5, 0.6) is 0 Å². The molecule has 0 aromatic rings. The summed E-state index contributed by atoms with van der Waals surface area (Å²) in [5, 5.41) is 64.4. The van der Waals surface area contributed by atoms with Crippen molar-refractivity contribution in [1.82, 2.24) is 5.32 Å². The smallest absolute Gasteiger partial charge is 0.387 e. The number of amides is 1. The number of rotatable bonds is 52. The Morgan fingerprint density at radius 2 is 0.746 bits per heavy atom. The van der Waals surface area contributed by atoms with Crippen LogP contribution < -0.4 is 5.32 Å². The van der Waals surface area contributed by atoms with E-state index < -0.39 is 63.2 Å². The molecule has 12 nitrogen and oxygen atoms in total. The third-order valence-electron chi connectivity index (χ3n) is 14.8. The minimum absolute atomic E-state index is 0.220. The number of allylic oxidation sites excluding steroid dienone is 1. The van der Waals surface area contributed by atoms with Gasteiger partial charge in [0.15, 0.2) is 0 Å². The van der Waals surface area contributed by atoms with E-state index >= 15 is 0 Å². The largest absolute Gasteiger partial charge is 0.472 e. The molecule has 0 aromatic carbocycles. The molecule has 1 rings (SSSR count). The Balaban J connectivity index is 2.29. The highest BCUT2D eigenvalue weighted by atomic mass is 31.2. The van der Waals surface area contributed by atoms with Gasteiger partial charge in [-0.3, -0.25) is 13.8 Å². The zero-order valence-corrected chi connectivity index (χ0v) is 46.7. The maximum absolute atomic E-state index is 13.1. The number of carbonyl (C=O) groups is 1. The first-order valence-electron chi connectivity index (χ1n) is 30.1. The Bertz CT molecular complexity index is 1250. The summed E-state index contributed by atoms with van der Waals surface area (Å²) in [7, 11) is -5.08. The van der Waals surface area contributed by atoms with Crippen molar-refractivity contribution in [2.45, 2.75) is 345 Å². The summed E-state index contributed by atoms with van der Waals surface area (Å²) in [6.07, 6.45) is 45.8. The number of nitrogens with one attached hydrogen (secondary N) is 1. The second-order valence-corrected chi connectivity index (χ2v) is 23.0. The van der Waals surface area contributed by atoms with Gasteiger partial charge in [-0.25, -0.2) is 4.57 Å². The lowest BCUT2D eigenvalue weighted by atomic mass is 9.85. The van der Waals surface area contributed by atoms with Crippen molar-refractivity contribution in [1.29, 1.82) is 0 Å². The fraction of sp³-hybridized carbons (Fsp3) is 0.948. The van der Waals surface area contributed by atoms with Gasteiger partial charge in [0, 0.05) is 6.42 Å². The molecule has 1 aliphatic rings. The maximum atomic E-state index is 13.1. The molecule has 0 aromatic heterocycles. The molecule has 1 amide bonds. The van der Waals surface area contributed by atoms with Crippen molar-refractivity contribution < 1.29 is 53.9 Å². The molecule has 422 valence electrons. The topological polar surface area (TPSA) is 206 Å². The van der Waals surface area contributed by atoms with Crippen LogP contribution in [0.4, 0.5) is 0 Å². The predicted molar refractivity (Wildman–Crippen MR) is 292 cm³/mol. The molecule has 0 heterocycles. The SMILES string of the molecule is CCCCCCCCCCCCCCCCC/C=C/[C@@H](O)[C@H](COP(=O)(O)OC1C(O)C(O)C(O)[C@@H](O)C1O)NC(=O)CCCCCCCCCCCCCCCCCCCCCCCCCCCCC. The van der Waals surface area contributed by atoms with Crippen LogP contribution in [-0.4, -0.2) is 96.8 Å². The monoisotopic (exact) mass is 1030 g/mol. The van der Waals surface area contributed by atoms with Crippen molar-refractivity contribution >= 4 is 13.7 Å². The maximum Gasteiger partial charge on any atom is 0.472 e. The van der Waals surface area contributed by atoms with Gasteiger partial charge in [0.1, 0.15) is 36.6 Å². The van der Waals surface area contributed by atoms with Gasteiger partial charge in [0.05, 0.1) is 18.8 Å². The highest BCUT2D eigenvalue weighted by molar-refractivity contribution is 7.47. The summed E-state index contributed by atoms with van der Waals surface area (Å²) in [6.45, 7) is 3.90. The van der Waals surface area contributed by atoms with Crippen LogP contribution in [0.1, 0.15) is 296 Å². The lowest BCUT2D eigenvalue weighted by molar-refractivity contribution is -0.220. The Hall–Kier alpha value is -0.920. The summed E-state index contributed by atoms with van der Waals surface area (Å²) in [4.78, 5) is 23.6. The number of aliphatic hydroxyl groups is 6. The number of hydrogen-bond acceptors (Lipinski definition) is 10. The first-order chi connectivity index (χ1) is 34.4. The molecule has 0 saturated heterocycles. The summed E-state index contributed by atoms with van der Waals surface area (Å²) in [5.41, 5.74) is 0. The molecule has 1 aliphatic carbocycles. The molecular weight excluding hydrogens is 918 g/mol. The van der Waals surface area contributed by atoms with E-state index in [4.69, 9.17) is 9.05 Å². The van der Waals surface area contributed by atoms with Gasteiger partial charge >= 0.3 is 7.82 Å². The summed E-state index contributed by atoms with van der Waals surface area (Å²) >= 11 is 0. The first kappa shape index (κ1) is 68.1. The lowest BCUT2D eigenvalue weighted by Gasteiger charge is -2.41. The van der Waals surface area contributed by atoms with Crippen LogP contribution in [0.2, 0.25) is 0 Å². The molecule has 1 saturated carbocycles. The number of phosphoric ester groups is 1. The molecule has 9 atom stereocenters. The van der Waals surface area contributed by atoms with Crippen LogP contribution in [0, 0.1) is 0 Å². The van der Waals surface area contributed by atoms with Crippen molar-refractivity contribution in [2.75, 3.05) is 6.61 Å². The first-order valence-corrected chi connectivity index (χ1v) is 31.6. The van der Waals surface area contributed by atoms with E-state index in [1.807, 2.05) is 6.08 Å². The second kappa shape index (κ2) is 47.5. The Kier molecular flexibility index (Phi) is 45.6. The van der Waals surface area contributed by atoms with Crippen molar-refractivity contribution in [3.63, 3.8) is 0 Å². The summed E-state index contributed by atoms with van der Waals surface area (Å²) < 4.78 is 23.1. The molecule has 8 N–H and O–H groups in total. The molecule has 13 heteroatoms. The Labute approximate surface area is 435 Å². The number of hydrogen-bond donors (Lipinski definition) is 8. The van der Waals surface area contributed by atoms with Crippen LogP contribution in [0.25, 0.3) is 0 Å². The van der Waals surface area contributed by atoms with Crippen molar-refractivity contribution in [2.24, 2.45) is 0 Å². The van der Waals surface area contributed by atoms with E-state index in [1.165, 1.54) is 225 Å². The number of unbranched alkanes of at least 4 members (excludes halogenated alkanes) is 41. The van der Waals surface area contributed by atoms with Crippen LogP contribution in [0.15, 0.2) is 12.2 Å². The highest BCUT2D eigenvalue weighted by Gasteiger charge is 2.51. The van der Waals surface area contributed by atoms with Crippen LogP contribution in [-0.2, 0) is 18.4 Å². The third-order valence-corrected chi connectivity index (χ3v) is 15.8. The van der Waals surface area contributed by atoms with Gasteiger partial charge in [0.25, 0.3) is 0 Å². The average molecular weight is 1030 g/mol. The van der Waals surface area contributed by atoms with Crippen LogP contribution >= 0.6 is 7.82 Å². The fourth-order valence-corrected chi connectivity index (χ4v) is 10.9. The quantitative estimate of drug-likeness (QED) is 0.0163. The molecule has 71 heavy (non-hydrogen) atoms. The third kappa shape index (κ3) is 38.3.